The molecule has 1 aliphatic rings. The van der Waals surface area contributed by atoms with Crippen LogP contribution in [0.4, 0.5) is 0 Å². The molecular formula is C15H20N2O2S. The van der Waals surface area contributed by atoms with Crippen LogP contribution in [0.2, 0.25) is 0 Å². The molecule has 20 heavy (non-hydrogen) atoms. The van der Waals surface area contributed by atoms with E-state index in [0.717, 1.165) is 24.3 Å². The molecule has 0 radical (unpaired) electrons. The molecule has 1 aliphatic heterocycles. The molecule has 1 saturated heterocycles. The van der Waals surface area contributed by atoms with Gasteiger partial charge in [0.2, 0.25) is 5.91 Å². The monoisotopic (exact) mass is 292 g/mol. The number of hydrogen-bond donors (Lipinski definition) is 1. The van der Waals surface area contributed by atoms with Crippen LogP contribution in [0.15, 0.2) is 29.2 Å². The van der Waals surface area contributed by atoms with Crippen LogP contribution in [0.1, 0.15) is 30.1 Å². The largest absolute Gasteiger partial charge is 0.352 e. The Morgan fingerprint density at radius 1 is 1.30 bits per heavy atom. The van der Waals surface area contributed by atoms with Gasteiger partial charge in [-0.05, 0) is 43.4 Å². The average molecular weight is 292 g/mol. The van der Waals surface area contributed by atoms with Gasteiger partial charge in [0.05, 0.1) is 0 Å². The van der Waals surface area contributed by atoms with Crippen molar-refractivity contribution in [3.8, 4) is 0 Å². The maximum atomic E-state index is 12.4. The van der Waals surface area contributed by atoms with Crippen LogP contribution in [-0.4, -0.2) is 42.1 Å². The first kappa shape index (κ1) is 14.9. The molecular weight excluding hydrogens is 272 g/mol. The zero-order valence-electron chi connectivity index (χ0n) is 11.9. The highest BCUT2D eigenvalue weighted by atomic mass is 32.2. The van der Waals surface area contributed by atoms with Crippen LogP contribution in [0.25, 0.3) is 0 Å². The molecule has 1 N–H and O–H groups in total. The van der Waals surface area contributed by atoms with Crippen molar-refractivity contribution in [2.24, 2.45) is 0 Å². The lowest BCUT2D eigenvalue weighted by molar-refractivity contribution is -0.120. The molecule has 1 unspecified atom stereocenters. The summed E-state index contributed by atoms with van der Waals surface area (Å²) in [6.45, 7) is 2.88. The second kappa shape index (κ2) is 6.79. The summed E-state index contributed by atoms with van der Waals surface area (Å²) < 4.78 is 0. The number of nitrogens with one attached hydrogen (secondary N) is 1. The summed E-state index contributed by atoms with van der Waals surface area (Å²) in [7, 11) is 0. The average Bonchev–Trinajstić information content (AvgIpc) is 2.46. The van der Waals surface area contributed by atoms with Gasteiger partial charge in [0.25, 0.3) is 5.91 Å². The Morgan fingerprint density at radius 2 is 2.00 bits per heavy atom. The first-order chi connectivity index (χ1) is 9.60. The summed E-state index contributed by atoms with van der Waals surface area (Å²) in [5, 5.41) is 2.90. The van der Waals surface area contributed by atoms with Gasteiger partial charge in [-0.2, -0.15) is 0 Å². The van der Waals surface area contributed by atoms with E-state index in [9.17, 15) is 9.59 Å². The van der Waals surface area contributed by atoms with E-state index in [0.29, 0.717) is 12.1 Å². The quantitative estimate of drug-likeness (QED) is 0.869. The third-order valence-electron chi connectivity index (χ3n) is 3.45. The summed E-state index contributed by atoms with van der Waals surface area (Å²) in [5.74, 6) is 0.0151. The first-order valence-electron chi connectivity index (χ1n) is 6.80. The van der Waals surface area contributed by atoms with Gasteiger partial charge >= 0.3 is 0 Å². The van der Waals surface area contributed by atoms with Crippen LogP contribution in [0.3, 0.4) is 0 Å². The smallest absolute Gasteiger partial charge is 0.253 e. The van der Waals surface area contributed by atoms with Crippen molar-refractivity contribution >= 4 is 23.6 Å². The minimum Gasteiger partial charge on any atom is -0.352 e. The number of piperidine rings is 1. The standard InChI is InChI=1S/C15H20N2O2S/c1-11(18)16-13-4-3-9-17(10-13)15(19)12-5-7-14(20-2)8-6-12/h5-8,13H,3-4,9-10H2,1-2H3,(H,16,18). The molecule has 1 fully saturated rings. The molecule has 2 amide bonds. The number of nitrogens with zero attached hydrogens (tertiary/aromatic N) is 1. The minimum absolute atomic E-state index is 0.0337. The highest BCUT2D eigenvalue weighted by molar-refractivity contribution is 7.98. The van der Waals surface area contributed by atoms with E-state index in [1.165, 1.54) is 6.92 Å². The number of benzene rings is 1. The molecule has 0 bridgehead atoms. The van der Waals surface area contributed by atoms with E-state index in [1.54, 1.807) is 11.8 Å². The van der Waals surface area contributed by atoms with Crippen molar-refractivity contribution < 1.29 is 9.59 Å². The Hall–Kier alpha value is -1.49. The van der Waals surface area contributed by atoms with Crippen LogP contribution in [-0.2, 0) is 4.79 Å². The second-order valence-corrected chi connectivity index (χ2v) is 5.90. The second-order valence-electron chi connectivity index (χ2n) is 5.02. The Bertz CT molecular complexity index is 487. The van der Waals surface area contributed by atoms with Crippen molar-refractivity contribution in [1.29, 1.82) is 0 Å². The van der Waals surface area contributed by atoms with Gasteiger partial charge in [0.15, 0.2) is 0 Å². The summed E-state index contributed by atoms with van der Waals surface area (Å²) in [6, 6.07) is 7.75. The molecule has 2 rings (SSSR count). The molecule has 0 aliphatic carbocycles. The predicted molar refractivity (Wildman–Crippen MR) is 81.0 cm³/mol. The molecule has 5 heteroatoms. The number of carbonyl (C=O) groups excluding carboxylic acids is 2. The molecule has 0 spiro atoms. The van der Waals surface area contributed by atoms with E-state index < -0.39 is 0 Å². The Kier molecular flexibility index (Phi) is 5.06. The van der Waals surface area contributed by atoms with E-state index >= 15 is 0 Å². The highest BCUT2D eigenvalue weighted by Crippen LogP contribution is 2.18. The van der Waals surface area contributed by atoms with Crippen LogP contribution in [0.5, 0.6) is 0 Å². The van der Waals surface area contributed by atoms with Gasteiger partial charge in [0.1, 0.15) is 0 Å². The zero-order valence-corrected chi connectivity index (χ0v) is 12.7. The van der Waals surface area contributed by atoms with E-state index in [2.05, 4.69) is 5.32 Å². The zero-order chi connectivity index (χ0) is 14.5. The molecule has 1 aromatic carbocycles. The molecule has 4 nitrogen and oxygen atoms in total. The maximum absolute atomic E-state index is 12.4. The molecule has 108 valence electrons. The molecule has 1 aromatic rings. The lowest BCUT2D eigenvalue weighted by atomic mass is 10.0. The highest BCUT2D eigenvalue weighted by Gasteiger charge is 2.24. The summed E-state index contributed by atoms with van der Waals surface area (Å²) in [6.07, 6.45) is 3.88. The van der Waals surface area contributed by atoms with Crippen LogP contribution < -0.4 is 5.32 Å². The lowest BCUT2D eigenvalue weighted by Gasteiger charge is -2.33. The lowest BCUT2D eigenvalue weighted by Crippen LogP contribution is -2.49. The van der Waals surface area contributed by atoms with Crippen molar-refractivity contribution in [2.75, 3.05) is 19.3 Å². The van der Waals surface area contributed by atoms with Crippen molar-refractivity contribution in [2.45, 2.75) is 30.7 Å². The van der Waals surface area contributed by atoms with Gasteiger partial charge in [0, 0.05) is 36.5 Å². The number of hydrogen-bond acceptors (Lipinski definition) is 3. The fourth-order valence-electron chi connectivity index (χ4n) is 2.48. The third-order valence-corrected chi connectivity index (χ3v) is 4.20. The first-order valence-corrected chi connectivity index (χ1v) is 8.03. The predicted octanol–water partition coefficient (Wildman–Crippen LogP) is 2.15. The SMILES string of the molecule is CSc1ccc(C(=O)N2CCCC(NC(C)=O)C2)cc1. The van der Waals surface area contributed by atoms with E-state index in [1.807, 2.05) is 35.4 Å². The Morgan fingerprint density at radius 3 is 2.60 bits per heavy atom. The number of amides is 2. The number of rotatable bonds is 3. The topological polar surface area (TPSA) is 49.4 Å². The normalized spacial score (nSPS) is 18.7. The van der Waals surface area contributed by atoms with Gasteiger partial charge in [-0.25, -0.2) is 0 Å². The fourth-order valence-corrected chi connectivity index (χ4v) is 2.89. The van der Waals surface area contributed by atoms with Crippen LogP contribution in [0, 0.1) is 0 Å². The molecule has 1 heterocycles. The number of carbonyl (C=O) groups is 2. The van der Waals surface area contributed by atoms with E-state index in [-0.39, 0.29) is 17.9 Å². The summed E-state index contributed by atoms with van der Waals surface area (Å²) in [5.41, 5.74) is 0.714. The minimum atomic E-state index is -0.0337. The Balaban J connectivity index is 2.02. The number of likely N-dealkylation sites (tertiary alicyclic amines) is 1. The summed E-state index contributed by atoms with van der Waals surface area (Å²) >= 11 is 1.66. The van der Waals surface area contributed by atoms with Gasteiger partial charge in [-0.15, -0.1) is 11.8 Å². The van der Waals surface area contributed by atoms with Crippen molar-refractivity contribution in [1.82, 2.24) is 10.2 Å². The summed E-state index contributed by atoms with van der Waals surface area (Å²) in [4.78, 5) is 26.5. The maximum Gasteiger partial charge on any atom is 0.253 e. The van der Waals surface area contributed by atoms with Gasteiger partial charge < -0.3 is 10.2 Å². The molecule has 0 aromatic heterocycles. The third kappa shape index (κ3) is 3.76. The van der Waals surface area contributed by atoms with Gasteiger partial charge in [-0.3, -0.25) is 9.59 Å². The van der Waals surface area contributed by atoms with Gasteiger partial charge in [-0.1, -0.05) is 0 Å². The Labute approximate surface area is 123 Å². The number of thioether (sulfide) groups is 1. The fraction of sp³-hybridized carbons (Fsp3) is 0.467. The van der Waals surface area contributed by atoms with Crippen molar-refractivity contribution in [3.05, 3.63) is 29.8 Å². The van der Waals surface area contributed by atoms with Crippen molar-refractivity contribution in [3.63, 3.8) is 0 Å². The van der Waals surface area contributed by atoms with E-state index in [4.69, 9.17) is 0 Å². The molecule has 1 atom stereocenters. The molecule has 0 saturated carbocycles. The van der Waals surface area contributed by atoms with Crippen LogP contribution >= 0.6 is 11.8 Å².